The molecule has 1 amide bonds. The lowest BCUT2D eigenvalue weighted by molar-refractivity contribution is -0.135. The molecular weight excluding hydrogens is 212 g/mol. The summed E-state index contributed by atoms with van der Waals surface area (Å²) in [4.78, 5) is 14.8. The molecule has 1 heterocycles. The average molecular weight is 236 g/mol. The molecule has 1 aliphatic heterocycles. The van der Waals surface area contributed by atoms with E-state index in [2.05, 4.69) is 24.1 Å². The van der Waals surface area contributed by atoms with Crippen molar-refractivity contribution in [2.45, 2.75) is 76.5 Å². The molecule has 1 N–H and O–H groups in total. The molecule has 1 spiro atoms. The highest BCUT2D eigenvalue weighted by Gasteiger charge is 2.52. The van der Waals surface area contributed by atoms with Crippen LogP contribution in [0.15, 0.2) is 0 Å². The van der Waals surface area contributed by atoms with Gasteiger partial charge in [-0.3, -0.25) is 10.1 Å². The lowest BCUT2D eigenvalue weighted by Crippen LogP contribution is -2.45. The van der Waals surface area contributed by atoms with Crippen LogP contribution >= 0.6 is 0 Å². The van der Waals surface area contributed by atoms with E-state index in [1.165, 1.54) is 32.1 Å². The third kappa shape index (κ3) is 1.88. The topological polar surface area (TPSA) is 32.3 Å². The third-order valence-corrected chi connectivity index (χ3v) is 4.85. The first-order valence-electron chi connectivity index (χ1n) is 7.23. The maximum Gasteiger partial charge on any atom is 0.244 e. The van der Waals surface area contributed by atoms with Gasteiger partial charge in [0.1, 0.15) is 0 Å². The Morgan fingerprint density at radius 3 is 2.65 bits per heavy atom. The molecule has 2 aliphatic carbocycles. The molecule has 3 fully saturated rings. The van der Waals surface area contributed by atoms with Crippen molar-refractivity contribution in [1.29, 1.82) is 0 Å². The minimum Gasteiger partial charge on any atom is -0.323 e. The molecule has 96 valence electrons. The van der Waals surface area contributed by atoms with E-state index in [9.17, 15) is 4.79 Å². The lowest BCUT2D eigenvalue weighted by atomic mass is 9.97. The molecule has 2 atom stereocenters. The smallest absolute Gasteiger partial charge is 0.244 e. The highest BCUT2D eigenvalue weighted by Crippen LogP contribution is 2.40. The van der Waals surface area contributed by atoms with Crippen LogP contribution in [-0.2, 0) is 4.79 Å². The first-order valence-corrected chi connectivity index (χ1v) is 7.23. The van der Waals surface area contributed by atoms with Gasteiger partial charge in [0.2, 0.25) is 5.91 Å². The second-order valence-corrected chi connectivity index (χ2v) is 6.35. The summed E-state index contributed by atoms with van der Waals surface area (Å²) in [5, 5.41) is 3.58. The third-order valence-electron chi connectivity index (χ3n) is 4.85. The molecule has 2 unspecified atom stereocenters. The number of nitrogens with zero attached hydrogens (tertiary/aromatic N) is 1. The zero-order valence-electron chi connectivity index (χ0n) is 11.0. The summed E-state index contributed by atoms with van der Waals surface area (Å²) in [6.07, 6.45) is 8.68. The Labute approximate surface area is 104 Å². The van der Waals surface area contributed by atoms with E-state index in [4.69, 9.17) is 0 Å². The Kier molecular flexibility index (Phi) is 2.69. The van der Waals surface area contributed by atoms with Crippen LogP contribution in [-0.4, -0.2) is 28.6 Å². The first-order chi connectivity index (χ1) is 8.12. The predicted molar refractivity (Wildman–Crippen MR) is 67.4 cm³/mol. The molecule has 3 heteroatoms. The van der Waals surface area contributed by atoms with Crippen LogP contribution in [0.25, 0.3) is 0 Å². The van der Waals surface area contributed by atoms with Crippen LogP contribution in [0.4, 0.5) is 0 Å². The van der Waals surface area contributed by atoms with Crippen LogP contribution < -0.4 is 5.32 Å². The number of hydrogen-bond acceptors (Lipinski definition) is 2. The van der Waals surface area contributed by atoms with E-state index in [1.54, 1.807) is 0 Å². The van der Waals surface area contributed by atoms with Crippen LogP contribution in [0.2, 0.25) is 0 Å². The summed E-state index contributed by atoms with van der Waals surface area (Å²) in [7, 11) is 0. The summed E-state index contributed by atoms with van der Waals surface area (Å²) in [6, 6.07) is 0.414. The minimum atomic E-state index is -0.183. The van der Waals surface area contributed by atoms with Gasteiger partial charge in [-0.2, -0.15) is 0 Å². The van der Waals surface area contributed by atoms with Gasteiger partial charge in [0.05, 0.1) is 11.7 Å². The fourth-order valence-corrected chi connectivity index (χ4v) is 3.82. The SMILES string of the molecule is CC(CC1CC1)N1C(=O)C2(CCCC2)NC1C. The zero-order valence-corrected chi connectivity index (χ0v) is 11.0. The molecule has 0 bridgehead atoms. The zero-order chi connectivity index (χ0) is 12.0. The van der Waals surface area contributed by atoms with Crippen molar-refractivity contribution in [3.05, 3.63) is 0 Å². The van der Waals surface area contributed by atoms with E-state index >= 15 is 0 Å². The van der Waals surface area contributed by atoms with Gasteiger partial charge in [0.25, 0.3) is 0 Å². The average Bonchev–Trinajstić information content (AvgIpc) is 2.89. The van der Waals surface area contributed by atoms with Gasteiger partial charge in [-0.25, -0.2) is 0 Å². The van der Waals surface area contributed by atoms with Crippen LogP contribution in [0, 0.1) is 5.92 Å². The van der Waals surface area contributed by atoms with Gasteiger partial charge in [-0.1, -0.05) is 25.7 Å². The number of rotatable bonds is 3. The van der Waals surface area contributed by atoms with E-state index in [1.807, 2.05) is 0 Å². The van der Waals surface area contributed by atoms with Gasteiger partial charge in [-0.15, -0.1) is 0 Å². The quantitative estimate of drug-likeness (QED) is 0.815. The van der Waals surface area contributed by atoms with Crippen LogP contribution in [0.5, 0.6) is 0 Å². The Bertz CT molecular complexity index is 318. The standard InChI is InChI=1S/C14H24N2O/c1-10(9-12-5-6-12)16-11(2)15-14(13(16)17)7-3-4-8-14/h10-12,15H,3-9H2,1-2H3. The van der Waals surface area contributed by atoms with Crippen LogP contribution in [0.3, 0.4) is 0 Å². The number of nitrogens with one attached hydrogen (secondary N) is 1. The summed E-state index contributed by atoms with van der Waals surface area (Å²) < 4.78 is 0. The molecule has 1 saturated heterocycles. The summed E-state index contributed by atoms with van der Waals surface area (Å²) in [5.74, 6) is 1.28. The molecular formula is C14H24N2O. The van der Waals surface area contributed by atoms with E-state index in [-0.39, 0.29) is 11.7 Å². The molecule has 0 radical (unpaired) electrons. The fourth-order valence-electron chi connectivity index (χ4n) is 3.82. The highest BCUT2D eigenvalue weighted by molar-refractivity contribution is 5.89. The van der Waals surface area contributed by atoms with Crippen molar-refractivity contribution in [3.8, 4) is 0 Å². The molecule has 3 nitrogen and oxygen atoms in total. The minimum absolute atomic E-state index is 0.183. The summed E-state index contributed by atoms with van der Waals surface area (Å²) in [5.41, 5.74) is -0.183. The fraction of sp³-hybridized carbons (Fsp3) is 0.929. The maximum absolute atomic E-state index is 12.6. The van der Waals surface area contributed by atoms with Crippen molar-refractivity contribution < 1.29 is 4.79 Å². The first kappa shape index (κ1) is 11.5. The molecule has 0 aromatic heterocycles. The Morgan fingerprint density at radius 1 is 1.41 bits per heavy atom. The summed E-state index contributed by atoms with van der Waals surface area (Å²) in [6.45, 7) is 4.37. The monoisotopic (exact) mass is 236 g/mol. The van der Waals surface area contributed by atoms with Gasteiger partial charge in [0, 0.05) is 6.04 Å². The van der Waals surface area contributed by atoms with Gasteiger partial charge in [0.15, 0.2) is 0 Å². The highest BCUT2D eigenvalue weighted by atomic mass is 16.2. The predicted octanol–water partition coefficient (Wildman–Crippen LogP) is 2.27. The Morgan fingerprint density at radius 2 is 2.06 bits per heavy atom. The van der Waals surface area contributed by atoms with Gasteiger partial charge >= 0.3 is 0 Å². The van der Waals surface area contributed by atoms with E-state index < -0.39 is 0 Å². The van der Waals surface area contributed by atoms with E-state index in [0.717, 1.165) is 18.8 Å². The largest absolute Gasteiger partial charge is 0.323 e. The number of hydrogen-bond donors (Lipinski definition) is 1. The number of carbonyl (C=O) groups excluding carboxylic acids is 1. The number of amides is 1. The Balaban J connectivity index is 1.73. The molecule has 3 aliphatic rings. The summed E-state index contributed by atoms with van der Waals surface area (Å²) >= 11 is 0. The second kappa shape index (κ2) is 3.98. The lowest BCUT2D eigenvalue weighted by Gasteiger charge is -2.29. The van der Waals surface area contributed by atoms with E-state index in [0.29, 0.717) is 11.9 Å². The van der Waals surface area contributed by atoms with Crippen molar-refractivity contribution >= 4 is 5.91 Å². The number of carbonyl (C=O) groups is 1. The maximum atomic E-state index is 12.6. The molecule has 3 rings (SSSR count). The van der Waals surface area contributed by atoms with Crippen molar-refractivity contribution in [2.24, 2.45) is 5.92 Å². The molecule has 17 heavy (non-hydrogen) atoms. The van der Waals surface area contributed by atoms with Crippen molar-refractivity contribution in [2.75, 3.05) is 0 Å². The second-order valence-electron chi connectivity index (χ2n) is 6.35. The molecule has 0 aromatic rings. The normalized spacial score (nSPS) is 33.6. The molecule has 0 aromatic carbocycles. The van der Waals surface area contributed by atoms with Crippen molar-refractivity contribution in [1.82, 2.24) is 10.2 Å². The van der Waals surface area contributed by atoms with Gasteiger partial charge < -0.3 is 4.90 Å². The van der Waals surface area contributed by atoms with Crippen molar-refractivity contribution in [3.63, 3.8) is 0 Å². The van der Waals surface area contributed by atoms with Gasteiger partial charge in [-0.05, 0) is 39.0 Å². The molecule has 2 saturated carbocycles. The Hall–Kier alpha value is -0.570. The van der Waals surface area contributed by atoms with Crippen LogP contribution in [0.1, 0.15) is 58.8 Å².